The summed E-state index contributed by atoms with van der Waals surface area (Å²) in [4.78, 5) is 7.91. The van der Waals surface area contributed by atoms with Crippen molar-refractivity contribution in [1.82, 2.24) is 9.97 Å². The molecule has 0 aliphatic carbocycles. The van der Waals surface area contributed by atoms with Crippen LogP contribution in [-0.4, -0.2) is 9.97 Å². The molecule has 0 aliphatic rings. The van der Waals surface area contributed by atoms with Crippen LogP contribution in [0.15, 0.2) is 36.5 Å². The zero-order valence-electron chi connectivity index (χ0n) is 8.93. The third kappa shape index (κ3) is 3.30. The van der Waals surface area contributed by atoms with Gasteiger partial charge in [-0.05, 0) is 17.7 Å². The van der Waals surface area contributed by atoms with Gasteiger partial charge >= 0.3 is 0 Å². The Bertz CT molecular complexity index is 489. The van der Waals surface area contributed by atoms with Gasteiger partial charge in [0.1, 0.15) is 6.61 Å². The molecule has 0 atom stereocenters. The number of hydrogen-bond acceptors (Lipinski definition) is 5. The molecule has 0 radical (unpaired) electrons. The number of aromatic nitrogens is 2. The molecule has 0 unspecified atom stereocenters. The molecular formula is C11H11ClN4O. The normalized spacial score (nSPS) is 10.0. The molecule has 1 heterocycles. The summed E-state index contributed by atoms with van der Waals surface area (Å²) in [6, 6.07) is 9.08. The topological polar surface area (TPSA) is 73.1 Å². The van der Waals surface area contributed by atoms with Gasteiger partial charge in [-0.3, -0.25) is 5.43 Å². The molecule has 0 saturated carbocycles. The minimum Gasteiger partial charge on any atom is -0.473 e. The van der Waals surface area contributed by atoms with Gasteiger partial charge in [-0.2, -0.15) is 4.98 Å². The maximum absolute atomic E-state index is 5.78. The van der Waals surface area contributed by atoms with Crippen molar-refractivity contribution in [3.8, 4) is 5.88 Å². The summed E-state index contributed by atoms with van der Waals surface area (Å²) in [5.41, 5.74) is 3.36. The quantitative estimate of drug-likeness (QED) is 0.641. The van der Waals surface area contributed by atoms with E-state index in [-0.39, 0.29) is 0 Å². The lowest BCUT2D eigenvalue weighted by Gasteiger charge is -2.06. The van der Waals surface area contributed by atoms with Crippen molar-refractivity contribution >= 4 is 17.5 Å². The molecule has 88 valence electrons. The highest BCUT2D eigenvalue weighted by molar-refractivity contribution is 6.30. The standard InChI is InChI=1S/C11H11ClN4O/c12-9-3-1-8(2-4-9)7-17-10-5-6-14-11(15-10)16-13/h1-6H,7,13H2,(H,14,15,16). The molecule has 0 bridgehead atoms. The fourth-order valence-corrected chi connectivity index (χ4v) is 1.36. The van der Waals surface area contributed by atoms with Crippen molar-refractivity contribution in [2.45, 2.75) is 6.61 Å². The number of nitrogens with zero attached hydrogens (tertiary/aromatic N) is 2. The van der Waals surface area contributed by atoms with Crippen molar-refractivity contribution in [3.63, 3.8) is 0 Å². The SMILES string of the molecule is NNc1nccc(OCc2ccc(Cl)cc2)n1. The van der Waals surface area contributed by atoms with Crippen molar-refractivity contribution in [2.75, 3.05) is 5.43 Å². The molecule has 0 spiro atoms. The van der Waals surface area contributed by atoms with E-state index in [1.807, 2.05) is 24.3 Å². The van der Waals surface area contributed by atoms with Gasteiger partial charge in [-0.25, -0.2) is 10.8 Å². The second-order valence-electron chi connectivity index (χ2n) is 3.28. The van der Waals surface area contributed by atoms with E-state index in [1.165, 1.54) is 0 Å². The lowest BCUT2D eigenvalue weighted by atomic mass is 10.2. The maximum Gasteiger partial charge on any atom is 0.240 e. The number of nitrogens with one attached hydrogen (secondary N) is 1. The van der Waals surface area contributed by atoms with Gasteiger partial charge in [0.25, 0.3) is 0 Å². The summed E-state index contributed by atoms with van der Waals surface area (Å²) in [7, 11) is 0. The average molecular weight is 251 g/mol. The largest absolute Gasteiger partial charge is 0.473 e. The van der Waals surface area contributed by atoms with Gasteiger partial charge in [0.15, 0.2) is 0 Å². The maximum atomic E-state index is 5.78. The Morgan fingerprint density at radius 1 is 1.24 bits per heavy atom. The summed E-state index contributed by atoms with van der Waals surface area (Å²) in [6.45, 7) is 0.415. The molecule has 0 aliphatic heterocycles. The third-order valence-corrected chi connectivity index (χ3v) is 2.31. The summed E-state index contributed by atoms with van der Waals surface area (Å²) in [5, 5.41) is 0.699. The molecule has 0 fully saturated rings. The van der Waals surface area contributed by atoms with Crippen LogP contribution in [0.1, 0.15) is 5.56 Å². The van der Waals surface area contributed by atoms with E-state index in [4.69, 9.17) is 22.2 Å². The van der Waals surface area contributed by atoms with Crippen LogP contribution >= 0.6 is 11.6 Å². The first-order valence-corrected chi connectivity index (χ1v) is 5.32. The molecule has 1 aromatic heterocycles. The van der Waals surface area contributed by atoms with E-state index < -0.39 is 0 Å². The molecule has 0 amide bonds. The Morgan fingerprint density at radius 2 is 2.00 bits per heavy atom. The average Bonchev–Trinajstić information content (AvgIpc) is 2.38. The lowest BCUT2D eigenvalue weighted by Crippen LogP contribution is -2.10. The van der Waals surface area contributed by atoms with Gasteiger partial charge in [-0.1, -0.05) is 23.7 Å². The van der Waals surface area contributed by atoms with E-state index in [9.17, 15) is 0 Å². The van der Waals surface area contributed by atoms with Gasteiger partial charge in [0.05, 0.1) is 0 Å². The molecule has 6 heteroatoms. The van der Waals surface area contributed by atoms with Gasteiger partial charge in [0.2, 0.25) is 11.8 Å². The summed E-state index contributed by atoms with van der Waals surface area (Å²) < 4.78 is 5.48. The zero-order valence-corrected chi connectivity index (χ0v) is 9.69. The van der Waals surface area contributed by atoms with Crippen LogP contribution in [0.2, 0.25) is 5.02 Å². The summed E-state index contributed by atoms with van der Waals surface area (Å²) in [6.07, 6.45) is 1.57. The van der Waals surface area contributed by atoms with E-state index in [1.54, 1.807) is 12.3 Å². The second-order valence-corrected chi connectivity index (χ2v) is 3.71. The van der Waals surface area contributed by atoms with Crippen LogP contribution in [0.5, 0.6) is 5.88 Å². The first kappa shape index (κ1) is 11.6. The fraction of sp³-hybridized carbons (Fsp3) is 0.0909. The van der Waals surface area contributed by atoms with Crippen LogP contribution in [0.4, 0.5) is 5.95 Å². The number of halogens is 1. The van der Waals surface area contributed by atoms with Crippen molar-refractivity contribution in [2.24, 2.45) is 5.84 Å². The predicted molar refractivity (Wildman–Crippen MR) is 65.6 cm³/mol. The molecule has 0 saturated heterocycles. The molecule has 1 aromatic carbocycles. The van der Waals surface area contributed by atoms with Crippen LogP contribution in [0.25, 0.3) is 0 Å². The van der Waals surface area contributed by atoms with E-state index >= 15 is 0 Å². The van der Waals surface area contributed by atoms with E-state index in [0.717, 1.165) is 5.56 Å². The second kappa shape index (κ2) is 5.47. The Hall–Kier alpha value is -1.85. The number of benzene rings is 1. The van der Waals surface area contributed by atoms with Crippen molar-refractivity contribution in [1.29, 1.82) is 0 Å². The van der Waals surface area contributed by atoms with Crippen LogP contribution < -0.4 is 16.0 Å². The first-order valence-electron chi connectivity index (χ1n) is 4.95. The monoisotopic (exact) mass is 250 g/mol. The summed E-state index contributed by atoms with van der Waals surface area (Å²) >= 11 is 5.78. The number of hydrazine groups is 1. The van der Waals surface area contributed by atoms with Crippen LogP contribution in [0, 0.1) is 0 Å². The van der Waals surface area contributed by atoms with E-state index in [0.29, 0.717) is 23.5 Å². The highest BCUT2D eigenvalue weighted by Crippen LogP contribution is 2.13. The highest BCUT2D eigenvalue weighted by Gasteiger charge is 1.99. The zero-order chi connectivity index (χ0) is 12.1. The number of ether oxygens (including phenoxy) is 1. The number of rotatable bonds is 4. The number of nitrogen functional groups attached to an aromatic ring is 1. The third-order valence-electron chi connectivity index (χ3n) is 2.06. The molecule has 5 nitrogen and oxygen atoms in total. The van der Waals surface area contributed by atoms with Crippen molar-refractivity contribution in [3.05, 3.63) is 47.1 Å². The summed E-state index contributed by atoms with van der Waals surface area (Å²) in [5.74, 6) is 5.98. The van der Waals surface area contributed by atoms with Gasteiger partial charge in [0, 0.05) is 17.3 Å². The Balaban J connectivity index is 1.99. The van der Waals surface area contributed by atoms with Crippen LogP contribution in [-0.2, 0) is 6.61 Å². The molecule has 17 heavy (non-hydrogen) atoms. The smallest absolute Gasteiger partial charge is 0.240 e. The Morgan fingerprint density at radius 3 is 2.71 bits per heavy atom. The Kier molecular flexibility index (Phi) is 3.74. The van der Waals surface area contributed by atoms with Gasteiger partial charge in [-0.15, -0.1) is 0 Å². The first-order chi connectivity index (χ1) is 8.28. The number of anilines is 1. The molecular weight excluding hydrogens is 240 g/mol. The number of hydrogen-bond donors (Lipinski definition) is 2. The fourth-order valence-electron chi connectivity index (χ4n) is 1.23. The predicted octanol–water partition coefficient (Wildman–Crippen LogP) is 1.99. The minimum absolute atomic E-state index is 0.318. The Labute approximate surface area is 104 Å². The van der Waals surface area contributed by atoms with E-state index in [2.05, 4.69) is 15.4 Å². The van der Waals surface area contributed by atoms with Crippen molar-refractivity contribution < 1.29 is 4.74 Å². The molecule has 2 rings (SSSR count). The number of nitrogens with two attached hydrogens (primary N) is 1. The minimum atomic E-state index is 0.318. The van der Waals surface area contributed by atoms with Gasteiger partial charge < -0.3 is 4.74 Å². The van der Waals surface area contributed by atoms with Crippen LogP contribution in [0.3, 0.4) is 0 Å². The highest BCUT2D eigenvalue weighted by atomic mass is 35.5. The lowest BCUT2D eigenvalue weighted by molar-refractivity contribution is 0.294. The molecule has 2 aromatic rings. The molecule has 3 N–H and O–H groups in total.